The van der Waals surface area contributed by atoms with Gasteiger partial charge < -0.3 is 10.0 Å². The molecule has 116 valence electrons. The largest absolute Gasteiger partial charge is 0.396 e. The van der Waals surface area contributed by atoms with Crippen LogP contribution >= 0.6 is 0 Å². The number of hydrogen-bond acceptors (Lipinski definition) is 3. The molecule has 1 saturated heterocycles. The molecule has 20 heavy (non-hydrogen) atoms. The monoisotopic (exact) mass is 281 g/mol. The molecular formula is C17H31NO2. The van der Waals surface area contributed by atoms with E-state index in [1.807, 2.05) is 0 Å². The second-order valence-electron chi connectivity index (χ2n) is 7.95. The summed E-state index contributed by atoms with van der Waals surface area (Å²) in [5, 5.41) is 9.32. The first-order valence-electron chi connectivity index (χ1n) is 8.26. The van der Waals surface area contributed by atoms with E-state index in [0.29, 0.717) is 29.6 Å². The van der Waals surface area contributed by atoms with Crippen LogP contribution in [0.2, 0.25) is 0 Å². The highest BCUT2D eigenvalue weighted by Crippen LogP contribution is 2.39. The number of carbonyl (C=O) groups excluding carboxylic acids is 1. The van der Waals surface area contributed by atoms with Gasteiger partial charge in [-0.15, -0.1) is 0 Å². The highest BCUT2D eigenvalue weighted by Gasteiger charge is 2.36. The molecule has 3 unspecified atom stereocenters. The number of aliphatic hydroxyl groups excluding tert-OH is 1. The number of piperidine rings is 1. The summed E-state index contributed by atoms with van der Waals surface area (Å²) in [6, 6.07) is 0. The minimum atomic E-state index is 0.227. The number of likely N-dealkylation sites (tertiary alicyclic amines) is 1. The van der Waals surface area contributed by atoms with Crippen LogP contribution in [-0.4, -0.2) is 42.0 Å². The van der Waals surface area contributed by atoms with Gasteiger partial charge in [0.25, 0.3) is 0 Å². The SMILES string of the molecule is CC(C)(C)C1CCC(=O)C(CN2CCCC(CO)C2)C1. The van der Waals surface area contributed by atoms with Gasteiger partial charge in [-0.3, -0.25) is 4.79 Å². The van der Waals surface area contributed by atoms with Crippen LogP contribution in [-0.2, 0) is 4.79 Å². The Kier molecular flexibility index (Phi) is 5.25. The molecule has 0 amide bonds. The van der Waals surface area contributed by atoms with Crippen molar-refractivity contribution in [1.29, 1.82) is 0 Å². The third-order valence-corrected chi connectivity index (χ3v) is 5.33. The molecule has 1 aliphatic carbocycles. The molecule has 2 rings (SSSR count). The van der Waals surface area contributed by atoms with Crippen molar-refractivity contribution in [2.24, 2.45) is 23.2 Å². The summed E-state index contributed by atoms with van der Waals surface area (Å²) in [5.41, 5.74) is 0.314. The standard InChI is InChI=1S/C17H31NO2/c1-17(2,3)15-6-7-16(20)14(9-15)11-18-8-4-5-13(10-18)12-19/h13-15,19H,4-12H2,1-3H3. The van der Waals surface area contributed by atoms with E-state index < -0.39 is 0 Å². The molecule has 0 bridgehead atoms. The highest BCUT2D eigenvalue weighted by atomic mass is 16.3. The normalized spacial score (nSPS) is 33.4. The van der Waals surface area contributed by atoms with E-state index >= 15 is 0 Å². The zero-order chi connectivity index (χ0) is 14.8. The summed E-state index contributed by atoms with van der Waals surface area (Å²) in [6.07, 6.45) is 5.19. The van der Waals surface area contributed by atoms with Crippen LogP contribution in [0.15, 0.2) is 0 Å². The lowest BCUT2D eigenvalue weighted by Crippen LogP contribution is -2.43. The quantitative estimate of drug-likeness (QED) is 0.864. The Morgan fingerprint density at radius 1 is 1.30 bits per heavy atom. The molecule has 1 heterocycles. The number of nitrogens with zero attached hydrogens (tertiary/aromatic N) is 1. The van der Waals surface area contributed by atoms with Crippen molar-refractivity contribution in [2.45, 2.75) is 52.9 Å². The third-order valence-electron chi connectivity index (χ3n) is 5.33. The zero-order valence-electron chi connectivity index (χ0n) is 13.4. The fraction of sp³-hybridized carbons (Fsp3) is 0.941. The van der Waals surface area contributed by atoms with Gasteiger partial charge in [-0.2, -0.15) is 0 Å². The van der Waals surface area contributed by atoms with Gasteiger partial charge in [0, 0.05) is 32.0 Å². The molecule has 0 aromatic carbocycles. The predicted octanol–water partition coefficient (Wildman–Crippen LogP) is 2.72. The average Bonchev–Trinajstić information content (AvgIpc) is 2.40. The van der Waals surface area contributed by atoms with Gasteiger partial charge in [0.1, 0.15) is 5.78 Å². The third kappa shape index (κ3) is 4.05. The summed E-state index contributed by atoms with van der Waals surface area (Å²) in [6.45, 7) is 10.2. The fourth-order valence-electron chi connectivity index (χ4n) is 3.85. The lowest BCUT2D eigenvalue weighted by molar-refractivity contribution is -0.127. The van der Waals surface area contributed by atoms with Crippen LogP contribution in [0.4, 0.5) is 0 Å². The van der Waals surface area contributed by atoms with E-state index in [9.17, 15) is 9.90 Å². The Labute approximate surface area is 123 Å². The maximum absolute atomic E-state index is 12.2. The van der Waals surface area contributed by atoms with E-state index in [4.69, 9.17) is 0 Å². The first kappa shape index (κ1) is 16.0. The van der Waals surface area contributed by atoms with Gasteiger partial charge in [0.2, 0.25) is 0 Å². The van der Waals surface area contributed by atoms with Crippen molar-refractivity contribution in [3.63, 3.8) is 0 Å². The Balaban J connectivity index is 1.91. The molecule has 2 fully saturated rings. The molecule has 3 nitrogen and oxygen atoms in total. The number of hydrogen-bond donors (Lipinski definition) is 1. The molecule has 1 aliphatic heterocycles. The number of ketones is 1. The summed E-state index contributed by atoms with van der Waals surface area (Å²) in [5.74, 6) is 1.78. The molecule has 1 N–H and O–H groups in total. The molecule has 3 heteroatoms. The minimum Gasteiger partial charge on any atom is -0.396 e. The first-order valence-corrected chi connectivity index (χ1v) is 8.26. The van der Waals surface area contributed by atoms with Crippen molar-refractivity contribution in [3.05, 3.63) is 0 Å². The first-order chi connectivity index (χ1) is 9.40. The fourth-order valence-corrected chi connectivity index (χ4v) is 3.85. The van der Waals surface area contributed by atoms with Gasteiger partial charge in [0.05, 0.1) is 0 Å². The van der Waals surface area contributed by atoms with E-state index in [1.54, 1.807) is 0 Å². The molecule has 0 aromatic rings. The van der Waals surface area contributed by atoms with Crippen LogP contribution < -0.4 is 0 Å². The molecule has 0 aromatic heterocycles. The van der Waals surface area contributed by atoms with Crippen molar-refractivity contribution in [1.82, 2.24) is 4.90 Å². The molecular weight excluding hydrogens is 250 g/mol. The molecule has 0 spiro atoms. The number of rotatable bonds is 3. The lowest BCUT2D eigenvalue weighted by Gasteiger charge is -2.40. The topological polar surface area (TPSA) is 40.5 Å². The van der Waals surface area contributed by atoms with Crippen LogP contribution in [0.5, 0.6) is 0 Å². The Hall–Kier alpha value is -0.410. The summed E-state index contributed by atoms with van der Waals surface area (Å²) >= 11 is 0. The molecule has 3 atom stereocenters. The van der Waals surface area contributed by atoms with E-state index in [2.05, 4.69) is 25.7 Å². The number of aliphatic hydroxyl groups is 1. The Morgan fingerprint density at radius 3 is 2.70 bits per heavy atom. The second kappa shape index (κ2) is 6.57. The van der Waals surface area contributed by atoms with Crippen LogP contribution in [0.25, 0.3) is 0 Å². The molecule has 2 aliphatic rings. The van der Waals surface area contributed by atoms with Gasteiger partial charge in [0.15, 0.2) is 0 Å². The second-order valence-corrected chi connectivity index (χ2v) is 7.95. The van der Waals surface area contributed by atoms with Crippen LogP contribution in [0.1, 0.15) is 52.9 Å². The number of carbonyl (C=O) groups is 1. The average molecular weight is 281 g/mol. The van der Waals surface area contributed by atoms with Crippen molar-refractivity contribution in [2.75, 3.05) is 26.2 Å². The van der Waals surface area contributed by atoms with Crippen molar-refractivity contribution >= 4 is 5.78 Å². The summed E-state index contributed by atoms with van der Waals surface area (Å²) < 4.78 is 0. The van der Waals surface area contributed by atoms with E-state index in [1.165, 1.54) is 0 Å². The van der Waals surface area contributed by atoms with Crippen LogP contribution in [0, 0.1) is 23.2 Å². The lowest BCUT2D eigenvalue weighted by atomic mass is 9.68. The Morgan fingerprint density at radius 2 is 2.05 bits per heavy atom. The summed E-state index contributed by atoms with van der Waals surface area (Å²) in [7, 11) is 0. The van der Waals surface area contributed by atoms with Crippen LogP contribution in [0.3, 0.4) is 0 Å². The van der Waals surface area contributed by atoms with Gasteiger partial charge in [-0.1, -0.05) is 20.8 Å². The number of Topliss-reactive ketones (excluding diaryl/α,β-unsaturated/α-hetero) is 1. The molecule has 1 saturated carbocycles. The van der Waals surface area contributed by atoms with E-state index in [0.717, 1.165) is 51.7 Å². The highest BCUT2D eigenvalue weighted by molar-refractivity contribution is 5.82. The summed E-state index contributed by atoms with van der Waals surface area (Å²) in [4.78, 5) is 14.6. The predicted molar refractivity (Wildman–Crippen MR) is 81.5 cm³/mol. The van der Waals surface area contributed by atoms with Crippen molar-refractivity contribution in [3.8, 4) is 0 Å². The van der Waals surface area contributed by atoms with Crippen molar-refractivity contribution < 1.29 is 9.90 Å². The van der Waals surface area contributed by atoms with Gasteiger partial charge in [-0.05, 0) is 49.5 Å². The van der Waals surface area contributed by atoms with E-state index in [-0.39, 0.29) is 5.92 Å². The molecule has 0 radical (unpaired) electrons. The zero-order valence-corrected chi connectivity index (χ0v) is 13.4. The van der Waals surface area contributed by atoms with Gasteiger partial charge >= 0.3 is 0 Å². The van der Waals surface area contributed by atoms with Gasteiger partial charge in [-0.25, -0.2) is 0 Å². The minimum absolute atomic E-state index is 0.227. The Bertz CT molecular complexity index is 334. The maximum Gasteiger partial charge on any atom is 0.137 e. The maximum atomic E-state index is 12.2. The smallest absolute Gasteiger partial charge is 0.137 e.